The highest BCUT2D eigenvalue weighted by Crippen LogP contribution is 2.23. The summed E-state index contributed by atoms with van der Waals surface area (Å²) >= 11 is 3.39. The van der Waals surface area contributed by atoms with E-state index in [4.69, 9.17) is 5.73 Å². The van der Waals surface area contributed by atoms with E-state index < -0.39 is 0 Å². The first kappa shape index (κ1) is 12.0. The maximum atomic E-state index is 5.93. The number of imidazole rings is 1. The van der Waals surface area contributed by atoms with Crippen LogP contribution in [0.4, 0.5) is 11.4 Å². The first-order chi connectivity index (χ1) is 8.15. The number of hydrogen-bond donors (Lipinski definition) is 2. The zero-order chi connectivity index (χ0) is 12.3. The van der Waals surface area contributed by atoms with Gasteiger partial charge >= 0.3 is 0 Å². The van der Waals surface area contributed by atoms with E-state index >= 15 is 0 Å². The molecule has 5 heteroatoms. The number of aromatic nitrogens is 2. The van der Waals surface area contributed by atoms with Crippen molar-refractivity contribution in [1.29, 1.82) is 0 Å². The van der Waals surface area contributed by atoms with E-state index in [-0.39, 0.29) is 6.04 Å². The van der Waals surface area contributed by atoms with E-state index in [0.29, 0.717) is 0 Å². The quantitative estimate of drug-likeness (QED) is 0.853. The Morgan fingerprint density at radius 1 is 1.53 bits per heavy atom. The predicted molar refractivity (Wildman–Crippen MR) is 73.9 cm³/mol. The maximum Gasteiger partial charge on any atom is 0.0946 e. The molecule has 0 spiro atoms. The average molecular weight is 295 g/mol. The maximum absolute atomic E-state index is 5.93. The Kier molecular flexibility index (Phi) is 3.68. The van der Waals surface area contributed by atoms with Crippen molar-refractivity contribution in [2.24, 2.45) is 0 Å². The van der Waals surface area contributed by atoms with Gasteiger partial charge in [-0.15, -0.1) is 0 Å². The molecule has 2 rings (SSSR count). The Balaban J connectivity index is 2.00. The van der Waals surface area contributed by atoms with Crippen molar-refractivity contribution in [3.8, 4) is 0 Å². The SMILES string of the molecule is CC(Cn1ccnc1)Nc1ccc(Br)cc1N. The molecule has 0 bridgehead atoms. The summed E-state index contributed by atoms with van der Waals surface area (Å²) in [5, 5.41) is 3.38. The van der Waals surface area contributed by atoms with E-state index in [2.05, 4.69) is 33.2 Å². The fourth-order valence-electron chi connectivity index (χ4n) is 1.69. The minimum absolute atomic E-state index is 0.285. The number of hydrogen-bond acceptors (Lipinski definition) is 3. The van der Waals surface area contributed by atoms with Crippen LogP contribution in [0.15, 0.2) is 41.4 Å². The molecule has 1 aromatic carbocycles. The molecule has 1 atom stereocenters. The third kappa shape index (κ3) is 3.23. The van der Waals surface area contributed by atoms with Gasteiger partial charge in [-0.05, 0) is 25.1 Å². The monoisotopic (exact) mass is 294 g/mol. The van der Waals surface area contributed by atoms with Crippen LogP contribution in [0.3, 0.4) is 0 Å². The summed E-state index contributed by atoms with van der Waals surface area (Å²) in [6.45, 7) is 2.97. The summed E-state index contributed by atoms with van der Waals surface area (Å²) in [4.78, 5) is 4.02. The van der Waals surface area contributed by atoms with Crippen molar-refractivity contribution in [3.05, 3.63) is 41.4 Å². The molecular formula is C12H15BrN4. The fourth-order valence-corrected chi connectivity index (χ4v) is 2.07. The third-order valence-corrected chi connectivity index (χ3v) is 2.95. The summed E-state index contributed by atoms with van der Waals surface area (Å²) in [6.07, 6.45) is 5.53. The van der Waals surface area contributed by atoms with Gasteiger partial charge in [0, 0.05) is 29.5 Å². The number of nitrogens with two attached hydrogens (primary N) is 1. The Labute approximate surface area is 109 Å². The van der Waals surface area contributed by atoms with Gasteiger partial charge in [-0.2, -0.15) is 0 Å². The van der Waals surface area contributed by atoms with Crippen LogP contribution in [0.5, 0.6) is 0 Å². The molecule has 17 heavy (non-hydrogen) atoms. The van der Waals surface area contributed by atoms with Gasteiger partial charge in [0.1, 0.15) is 0 Å². The molecule has 3 N–H and O–H groups in total. The van der Waals surface area contributed by atoms with Crippen molar-refractivity contribution in [2.75, 3.05) is 11.1 Å². The molecule has 0 aliphatic heterocycles. The smallest absolute Gasteiger partial charge is 0.0946 e. The van der Waals surface area contributed by atoms with Crippen molar-refractivity contribution < 1.29 is 0 Å². The Bertz CT molecular complexity index is 481. The van der Waals surface area contributed by atoms with E-state index in [1.807, 2.05) is 35.3 Å². The molecule has 0 amide bonds. The first-order valence-corrected chi connectivity index (χ1v) is 6.22. The van der Waals surface area contributed by atoms with Gasteiger partial charge in [0.15, 0.2) is 0 Å². The van der Waals surface area contributed by atoms with Crippen LogP contribution >= 0.6 is 15.9 Å². The second kappa shape index (κ2) is 5.23. The second-order valence-corrected chi connectivity index (χ2v) is 4.95. The van der Waals surface area contributed by atoms with Crippen molar-refractivity contribution in [2.45, 2.75) is 19.5 Å². The van der Waals surface area contributed by atoms with Gasteiger partial charge < -0.3 is 15.6 Å². The number of nitrogens with one attached hydrogen (secondary N) is 1. The van der Waals surface area contributed by atoms with Crippen molar-refractivity contribution >= 4 is 27.3 Å². The molecule has 2 aromatic rings. The highest BCUT2D eigenvalue weighted by molar-refractivity contribution is 9.10. The number of nitrogen functional groups attached to an aromatic ring is 1. The van der Waals surface area contributed by atoms with Crippen molar-refractivity contribution in [1.82, 2.24) is 9.55 Å². The van der Waals surface area contributed by atoms with Gasteiger partial charge in [0.25, 0.3) is 0 Å². The highest BCUT2D eigenvalue weighted by atomic mass is 79.9. The number of anilines is 2. The van der Waals surface area contributed by atoms with Gasteiger partial charge in [-0.25, -0.2) is 4.98 Å². The van der Waals surface area contributed by atoms with E-state index in [1.54, 1.807) is 6.20 Å². The Morgan fingerprint density at radius 3 is 3.00 bits per heavy atom. The molecule has 1 unspecified atom stereocenters. The predicted octanol–water partition coefficient (Wildman–Crippen LogP) is 2.73. The van der Waals surface area contributed by atoms with Crippen LogP contribution in [0.2, 0.25) is 0 Å². The van der Waals surface area contributed by atoms with Crippen LogP contribution < -0.4 is 11.1 Å². The van der Waals surface area contributed by atoms with Crippen LogP contribution in [-0.2, 0) is 6.54 Å². The number of nitrogens with zero attached hydrogens (tertiary/aromatic N) is 2. The largest absolute Gasteiger partial charge is 0.397 e. The number of rotatable bonds is 4. The lowest BCUT2D eigenvalue weighted by atomic mass is 10.2. The van der Waals surface area contributed by atoms with Crippen LogP contribution in [0.25, 0.3) is 0 Å². The summed E-state index contributed by atoms with van der Waals surface area (Å²) in [6, 6.07) is 6.13. The number of benzene rings is 1. The molecule has 0 fully saturated rings. The van der Waals surface area contributed by atoms with Crippen LogP contribution in [0, 0.1) is 0 Å². The van der Waals surface area contributed by atoms with Gasteiger partial charge in [-0.3, -0.25) is 0 Å². The Hall–Kier alpha value is -1.49. The van der Waals surface area contributed by atoms with E-state index in [0.717, 1.165) is 22.4 Å². The molecule has 0 saturated carbocycles. The topological polar surface area (TPSA) is 55.9 Å². The van der Waals surface area contributed by atoms with Crippen molar-refractivity contribution in [3.63, 3.8) is 0 Å². The van der Waals surface area contributed by atoms with E-state index in [9.17, 15) is 0 Å². The van der Waals surface area contributed by atoms with Crippen LogP contribution in [-0.4, -0.2) is 15.6 Å². The molecule has 0 radical (unpaired) electrons. The summed E-state index contributed by atoms with van der Waals surface area (Å²) in [5.74, 6) is 0. The molecule has 1 aromatic heterocycles. The summed E-state index contributed by atoms with van der Waals surface area (Å²) < 4.78 is 3.02. The fraction of sp³-hybridized carbons (Fsp3) is 0.250. The van der Waals surface area contributed by atoms with Gasteiger partial charge in [-0.1, -0.05) is 15.9 Å². The molecule has 90 valence electrons. The molecular weight excluding hydrogens is 280 g/mol. The lowest BCUT2D eigenvalue weighted by Gasteiger charge is -2.17. The van der Waals surface area contributed by atoms with Gasteiger partial charge in [0.05, 0.1) is 17.7 Å². The van der Waals surface area contributed by atoms with E-state index in [1.165, 1.54) is 0 Å². The summed E-state index contributed by atoms with van der Waals surface area (Å²) in [5.41, 5.74) is 7.64. The molecule has 4 nitrogen and oxygen atoms in total. The lowest BCUT2D eigenvalue weighted by molar-refractivity contribution is 0.619. The molecule has 0 aliphatic rings. The Morgan fingerprint density at radius 2 is 2.35 bits per heavy atom. The lowest BCUT2D eigenvalue weighted by Crippen LogP contribution is -2.21. The molecule has 1 heterocycles. The first-order valence-electron chi connectivity index (χ1n) is 5.42. The number of halogens is 1. The zero-order valence-corrected chi connectivity index (χ0v) is 11.2. The standard InChI is InChI=1S/C12H15BrN4/c1-9(7-17-5-4-15-8-17)16-12-3-2-10(13)6-11(12)14/h2-6,8-9,16H,7,14H2,1H3. The molecule has 0 aliphatic carbocycles. The normalized spacial score (nSPS) is 12.4. The van der Waals surface area contributed by atoms with Crippen LogP contribution in [0.1, 0.15) is 6.92 Å². The summed E-state index contributed by atoms with van der Waals surface area (Å²) in [7, 11) is 0. The zero-order valence-electron chi connectivity index (χ0n) is 9.60. The molecule has 0 saturated heterocycles. The minimum Gasteiger partial charge on any atom is -0.397 e. The second-order valence-electron chi connectivity index (χ2n) is 4.04. The average Bonchev–Trinajstić information content (AvgIpc) is 2.75. The minimum atomic E-state index is 0.285. The van der Waals surface area contributed by atoms with Gasteiger partial charge in [0.2, 0.25) is 0 Å². The highest BCUT2D eigenvalue weighted by Gasteiger charge is 2.05. The third-order valence-electron chi connectivity index (χ3n) is 2.46.